The Morgan fingerprint density at radius 3 is 2.44 bits per heavy atom. The summed E-state index contributed by atoms with van der Waals surface area (Å²) in [7, 11) is -6.24. The van der Waals surface area contributed by atoms with Gasteiger partial charge >= 0.3 is 6.36 Å². The summed E-state index contributed by atoms with van der Waals surface area (Å²) in [4.78, 5) is 0. The lowest BCUT2D eigenvalue weighted by molar-refractivity contribution is -0.275. The van der Waals surface area contributed by atoms with Gasteiger partial charge in [-0.1, -0.05) is 0 Å². The topological polar surface area (TPSA) is 53.7 Å². The van der Waals surface area contributed by atoms with Crippen LogP contribution in [-0.2, 0) is 6.42 Å². The number of hydrogen-bond acceptors (Lipinski definition) is 4. The first-order valence-electron chi connectivity index (χ1n) is 8.44. The van der Waals surface area contributed by atoms with Crippen LogP contribution in [0, 0.1) is 0 Å². The maximum atomic E-state index is 12.5. The Hall–Kier alpha value is -1.63. The van der Waals surface area contributed by atoms with Crippen LogP contribution in [0.15, 0.2) is 12.1 Å². The van der Waals surface area contributed by atoms with Crippen molar-refractivity contribution in [2.75, 3.05) is 20.6 Å². The van der Waals surface area contributed by atoms with Crippen molar-refractivity contribution in [1.29, 1.82) is 0 Å². The van der Waals surface area contributed by atoms with E-state index < -0.39 is 50.6 Å². The molecule has 0 aliphatic heterocycles. The molecule has 0 fully saturated rings. The minimum Gasteiger partial charge on any atom is -0.496 e. The minimum absolute atomic E-state index is 0.331. The molecule has 0 aliphatic carbocycles. The second kappa shape index (κ2) is 5.81. The second-order valence-corrected chi connectivity index (χ2v) is 3.04. The summed E-state index contributed by atoms with van der Waals surface area (Å²) in [6, 6.07) is 1.11. The average Bonchev–Trinajstić information content (AvgIpc) is 2.26. The molecule has 0 spiro atoms. The van der Waals surface area contributed by atoms with Gasteiger partial charge in [-0.2, -0.15) is 0 Å². The van der Waals surface area contributed by atoms with E-state index in [9.17, 15) is 13.2 Å². The first kappa shape index (κ1) is 6.51. The van der Waals surface area contributed by atoms with Crippen LogP contribution in [0.4, 0.5) is 13.2 Å². The lowest BCUT2D eigenvalue weighted by atomic mass is 10.1. The lowest BCUT2D eigenvalue weighted by Gasteiger charge is -2.16. The summed E-state index contributed by atoms with van der Waals surface area (Å²) >= 11 is 0. The summed E-state index contributed by atoms with van der Waals surface area (Å²) in [5.74, 6) is -2.79. The van der Waals surface area contributed by atoms with Gasteiger partial charge < -0.3 is 19.9 Å². The molecular formula is C11H14F3NO3. The molecule has 1 rings (SSSR count). The molecule has 7 heteroatoms. The van der Waals surface area contributed by atoms with Crippen LogP contribution in [0.3, 0.4) is 0 Å². The summed E-state index contributed by atoms with van der Waals surface area (Å²) in [6.45, 7) is -2.41. The van der Waals surface area contributed by atoms with Gasteiger partial charge in [0.05, 0.1) is 22.3 Å². The van der Waals surface area contributed by atoms with Crippen LogP contribution in [-0.4, -0.2) is 26.9 Å². The Bertz CT molecular complexity index is 534. The van der Waals surface area contributed by atoms with Crippen molar-refractivity contribution in [3.05, 3.63) is 17.7 Å². The Labute approximate surface area is 114 Å². The number of ether oxygens (including phenoxy) is 3. The van der Waals surface area contributed by atoms with Gasteiger partial charge in [-0.3, -0.25) is 0 Å². The molecule has 0 amide bonds. The van der Waals surface area contributed by atoms with E-state index in [0.717, 1.165) is 0 Å². The SMILES string of the molecule is [2H]C([2H])(N)Cc1cc(OC([2H])([2H])[2H])c(OC(F)(F)F)cc1OC([2H])([2H])[2H]. The van der Waals surface area contributed by atoms with Crippen molar-refractivity contribution in [3.8, 4) is 17.2 Å². The molecule has 0 aromatic heterocycles. The van der Waals surface area contributed by atoms with E-state index in [0.29, 0.717) is 12.1 Å². The number of aryl methyl sites for hydroxylation is 1. The molecule has 2 N–H and O–H groups in total. The zero-order chi connectivity index (χ0) is 20.6. The van der Waals surface area contributed by atoms with Crippen molar-refractivity contribution in [2.45, 2.75) is 12.8 Å². The van der Waals surface area contributed by atoms with E-state index in [1.165, 1.54) is 0 Å². The highest BCUT2D eigenvalue weighted by Crippen LogP contribution is 2.37. The summed E-state index contributed by atoms with van der Waals surface area (Å²) in [5.41, 5.74) is 4.86. The van der Waals surface area contributed by atoms with Crippen molar-refractivity contribution < 1.29 is 38.3 Å². The third kappa shape index (κ3) is 3.69. The van der Waals surface area contributed by atoms with Gasteiger partial charge in [0.1, 0.15) is 5.75 Å². The van der Waals surface area contributed by atoms with E-state index in [4.69, 9.17) is 16.7 Å². The molecule has 0 atom stereocenters. The standard InChI is InChI=1S/C11H14F3NO3/c1-16-8-6-10(18-11(12,13)14)9(17-2)5-7(8)3-4-15/h5-6H,3-4,15H2,1-2H3/i1D3,2D3,4D2. The van der Waals surface area contributed by atoms with Gasteiger partial charge in [-0.05, 0) is 24.5 Å². The Kier molecular flexibility index (Phi) is 2.10. The zero-order valence-corrected chi connectivity index (χ0v) is 8.80. The molecule has 1 aromatic carbocycles. The number of rotatable bonds is 5. The van der Waals surface area contributed by atoms with Gasteiger partial charge in [0.15, 0.2) is 11.5 Å². The molecule has 18 heavy (non-hydrogen) atoms. The predicted octanol–water partition coefficient (Wildman–Crippen LogP) is 2.10. The van der Waals surface area contributed by atoms with Crippen LogP contribution >= 0.6 is 0 Å². The predicted molar refractivity (Wildman–Crippen MR) is 59.0 cm³/mol. The molecule has 0 unspecified atom stereocenters. The molecule has 0 saturated heterocycles. The van der Waals surface area contributed by atoms with Crippen LogP contribution in [0.2, 0.25) is 0 Å². The fourth-order valence-electron chi connectivity index (χ4n) is 1.21. The number of nitrogens with two attached hydrogens (primary N) is 1. The van der Waals surface area contributed by atoms with Crippen LogP contribution in [0.25, 0.3) is 0 Å². The van der Waals surface area contributed by atoms with Crippen LogP contribution < -0.4 is 19.9 Å². The normalized spacial score (nSPS) is 20.0. The number of benzene rings is 1. The molecule has 0 saturated carbocycles. The Morgan fingerprint density at radius 1 is 1.22 bits per heavy atom. The maximum absolute atomic E-state index is 12.5. The number of hydrogen-bond donors (Lipinski definition) is 1. The van der Waals surface area contributed by atoms with E-state index >= 15 is 0 Å². The second-order valence-electron chi connectivity index (χ2n) is 3.04. The number of alkyl halides is 3. The molecule has 0 heterocycles. The fourth-order valence-corrected chi connectivity index (χ4v) is 1.21. The highest BCUT2D eigenvalue weighted by molar-refractivity contribution is 5.51. The molecule has 4 nitrogen and oxygen atoms in total. The molecule has 0 bridgehead atoms. The van der Waals surface area contributed by atoms with E-state index in [-0.39, 0.29) is 5.56 Å². The molecule has 1 aromatic rings. The zero-order valence-electron chi connectivity index (χ0n) is 16.8. The molecular weight excluding hydrogens is 251 g/mol. The monoisotopic (exact) mass is 273 g/mol. The third-order valence-corrected chi connectivity index (χ3v) is 1.86. The summed E-state index contributed by atoms with van der Waals surface area (Å²) in [6.07, 6.45) is -5.95. The summed E-state index contributed by atoms with van der Waals surface area (Å²) in [5, 5.41) is 0. The van der Waals surface area contributed by atoms with Crippen molar-refractivity contribution >= 4 is 0 Å². The number of halogens is 3. The Balaban J connectivity index is 3.53. The highest BCUT2D eigenvalue weighted by atomic mass is 19.4. The molecule has 0 aliphatic rings. The van der Waals surface area contributed by atoms with Crippen LogP contribution in [0.1, 0.15) is 16.5 Å². The maximum Gasteiger partial charge on any atom is 0.573 e. The quantitative estimate of drug-likeness (QED) is 0.892. The van der Waals surface area contributed by atoms with Crippen molar-refractivity contribution in [3.63, 3.8) is 0 Å². The van der Waals surface area contributed by atoms with Crippen molar-refractivity contribution in [1.82, 2.24) is 0 Å². The first-order valence-corrected chi connectivity index (χ1v) is 4.44. The molecule has 0 radical (unpaired) electrons. The van der Waals surface area contributed by atoms with Gasteiger partial charge in [0.2, 0.25) is 0 Å². The third-order valence-electron chi connectivity index (χ3n) is 1.86. The molecule has 102 valence electrons. The smallest absolute Gasteiger partial charge is 0.496 e. The fraction of sp³-hybridized carbons (Fsp3) is 0.455. The average molecular weight is 273 g/mol. The Morgan fingerprint density at radius 2 is 1.89 bits per heavy atom. The van der Waals surface area contributed by atoms with Gasteiger partial charge in [-0.25, -0.2) is 0 Å². The van der Waals surface area contributed by atoms with Gasteiger partial charge in [0, 0.05) is 8.81 Å². The van der Waals surface area contributed by atoms with E-state index in [1.807, 2.05) is 0 Å². The lowest BCUT2D eigenvalue weighted by Crippen LogP contribution is -2.18. The number of methoxy groups -OCH3 is 2. The van der Waals surface area contributed by atoms with Gasteiger partial charge in [-0.15, -0.1) is 13.2 Å². The largest absolute Gasteiger partial charge is 0.573 e. The highest BCUT2D eigenvalue weighted by Gasteiger charge is 2.33. The van der Waals surface area contributed by atoms with E-state index in [2.05, 4.69) is 14.2 Å². The van der Waals surface area contributed by atoms with Gasteiger partial charge in [0.25, 0.3) is 0 Å². The van der Waals surface area contributed by atoms with Crippen molar-refractivity contribution in [2.24, 2.45) is 5.73 Å². The minimum atomic E-state index is -5.24. The van der Waals surface area contributed by atoms with E-state index in [1.54, 1.807) is 0 Å². The summed E-state index contributed by atoms with van der Waals surface area (Å²) < 4.78 is 107. The first-order chi connectivity index (χ1) is 11.3. The van der Waals surface area contributed by atoms with Crippen LogP contribution in [0.5, 0.6) is 17.2 Å².